The number of nitrogens with two attached hydrogens (primary N) is 1. The van der Waals surface area contributed by atoms with Gasteiger partial charge < -0.3 is 10.6 Å². The average Bonchev–Trinajstić information content (AvgIpc) is 2.25. The molecular weight excluding hydrogens is 258 g/mol. The van der Waals surface area contributed by atoms with Gasteiger partial charge >= 0.3 is 0 Å². The van der Waals surface area contributed by atoms with Crippen molar-refractivity contribution in [3.05, 3.63) is 36.9 Å². The Morgan fingerprint density at radius 3 is 2.82 bits per heavy atom. The molecule has 0 spiro atoms. The molecule has 17 heavy (non-hydrogen) atoms. The second kappa shape index (κ2) is 5.76. The number of benzene rings is 1. The summed E-state index contributed by atoms with van der Waals surface area (Å²) in [6.45, 7) is 4.07. The summed E-state index contributed by atoms with van der Waals surface area (Å²) in [6, 6.07) is 6.10. The maximum atomic E-state index is 11.1. The number of thiocarbonyl (C=S) groups is 1. The van der Waals surface area contributed by atoms with Gasteiger partial charge in [-0.05, 0) is 30.4 Å². The van der Waals surface area contributed by atoms with Crippen LogP contribution >= 0.6 is 12.2 Å². The van der Waals surface area contributed by atoms with E-state index in [9.17, 15) is 8.42 Å². The summed E-state index contributed by atoms with van der Waals surface area (Å²) in [5.41, 5.74) is 0.554. The van der Waals surface area contributed by atoms with Crippen molar-refractivity contribution in [1.82, 2.24) is 5.32 Å². The van der Waals surface area contributed by atoms with Crippen molar-refractivity contribution in [2.45, 2.75) is 4.90 Å². The van der Waals surface area contributed by atoms with Gasteiger partial charge in [-0.15, -0.1) is 6.58 Å². The molecule has 0 radical (unpaired) electrons. The van der Waals surface area contributed by atoms with Crippen LogP contribution in [0.4, 0.5) is 5.69 Å². The van der Waals surface area contributed by atoms with E-state index in [4.69, 9.17) is 17.4 Å². The van der Waals surface area contributed by atoms with Gasteiger partial charge in [0.05, 0.1) is 4.90 Å². The molecule has 92 valence electrons. The molecular formula is C10H13N3O2S2. The normalized spacial score (nSPS) is 10.6. The number of primary sulfonamides is 1. The van der Waals surface area contributed by atoms with Gasteiger partial charge in [0, 0.05) is 12.2 Å². The van der Waals surface area contributed by atoms with Gasteiger partial charge in [-0.1, -0.05) is 12.1 Å². The molecule has 0 aliphatic rings. The summed E-state index contributed by atoms with van der Waals surface area (Å²) in [6.07, 6.45) is 1.66. The van der Waals surface area contributed by atoms with Gasteiger partial charge in [-0.3, -0.25) is 0 Å². The van der Waals surface area contributed by atoms with Gasteiger partial charge in [0.1, 0.15) is 0 Å². The van der Waals surface area contributed by atoms with E-state index < -0.39 is 10.0 Å². The van der Waals surface area contributed by atoms with E-state index in [1.807, 2.05) is 0 Å². The minimum Gasteiger partial charge on any atom is -0.359 e. The average molecular weight is 271 g/mol. The Labute approximate surface area is 106 Å². The Bertz CT molecular complexity index is 526. The van der Waals surface area contributed by atoms with Gasteiger partial charge in [0.15, 0.2) is 5.11 Å². The number of rotatable bonds is 4. The van der Waals surface area contributed by atoms with Crippen LogP contribution in [0.5, 0.6) is 0 Å². The first-order chi connectivity index (χ1) is 7.93. The van der Waals surface area contributed by atoms with E-state index in [0.717, 1.165) is 0 Å². The monoisotopic (exact) mass is 271 g/mol. The SMILES string of the molecule is C=CCNC(=S)Nc1cccc(S(N)(=O)=O)c1. The third kappa shape index (κ3) is 4.51. The zero-order valence-electron chi connectivity index (χ0n) is 9.01. The van der Waals surface area contributed by atoms with E-state index in [-0.39, 0.29) is 4.90 Å². The van der Waals surface area contributed by atoms with E-state index in [1.54, 1.807) is 18.2 Å². The smallest absolute Gasteiger partial charge is 0.238 e. The summed E-state index contributed by atoms with van der Waals surface area (Å²) < 4.78 is 22.3. The summed E-state index contributed by atoms with van der Waals surface area (Å²) in [4.78, 5) is 0.0361. The molecule has 1 aromatic rings. The highest BCUT2D eigenvalue weighted by molar-refractivity contribution is 7.89. The van der Waals surface area contributed by atoms with Crippen molar-refractivity contribution < 1.29 is 8.42 Å². The summed E-state index contributed by atoms with van der Waals surface area (Å²) in [5.74, 6) is 0. The highest BCUT2D eigenvalue weighted by Crippen LogP contribution is 2.13. The van der Waals surface area contributed by atoms with Crippen LogP contribution in [0.2, 0.25) is 0 Å². The Hall–Kier alpha value is -1.44. The predicted octanol–water partition coefficient (Wildman–Crippen LogP) is 0.806. The Kier molecular flexibility index (Phi) is 4.62. The van der Waals surface area contributed by atoms with Crippen LogP contribution in [-0.4, -0.2) is 20.1 Å². The van der Waals surface area contributed by atoms with E-state index in [0.29, 0.717) is 17.3 Å². The van der Waals surface area contributed by atoms with Gasteiger partial charge in [-0.2, -0.15) is 0 Å². The van der Waals surface area contributed by atoms with Crippen LogP contribution in [0.25, 0.3) is 0 Å². The fourth-order valence-corrected chi connectivity index (χ4v) is 1.85. The number of hydrogen-bond donors (Lipinski definition) is 3. The molecule has 4 N–H and O–H groups in total. The third-order valence-corrected chi connectivity index (χ3v) is 2.98. The lowest BCUT2D eigenvalue weighted by molar-refractivity contribution is 0.598. The second-order valence-corrected chi connectivity index (χ2v) is 5.17. The van der Waals surface area contributed by atoms with E-state index >= 15 is 0 Å². The fraction of sp³-hybridized carbons (Fsp3) is 0.100. The lowest BCUT2D eigenvalue weighted by atomic mass is 10.3. The standard InChI is InChI=1S/C10H13N3O2S2/c1-2-6-12-10(16)13-8-4-3-5-9(7-8)17(11,14)15/h2-5,7H,1,6H2,(H2,11,14,15)(H2,12,13,16). The lowest BCUT2D eigenvalue weighted by Gasteiger charge is -2.09. The van der Waals surface area contributed by atoms with Crippen molar-refractivity contribution in [3.8, 4) is 0 Å². The van der Waals surface area contributed by atoms with Crippen molar-refractivity contribution in [1.29, 1.82) is 0 Å². The van der Waals surface area contributed by atoms with E-state index in [2.05, 4.69) is 17.2 Å². The summed E-state index contributed by atoms with van der Waals surface area (Å²) in [5, 5.41) is 11.1. The maximum Gasteiger partial charge on any atom is 0.238 e. The minimum atomic E-state index is -3.70. The lowest BCUT2D eigenvalue weighted by Crippen LogP contribution is -2.28. The van der Waals surface area contributed by atoms with Crippen LogP contribution in [0, 0.1) is 0 Å². The van der Waals surface area contributed by atoms with E-state index in [1.165, 1.54) is 12.1 Å². The Morgan fingerprint density at radius 1 is 1.53 bits per heavy atom. The van der Waals surface area contributed by atoms with Gasteiger partial charge in [-0.25, -0.2) is 13.6 Å². The molecule has 7 heteroatoms. The molecule has 1 aromatic carbocycles. The van der Waals surface area contributed by atoms with Crippen LogP contribution in [-0.2, 0) is 10.0 Å². The molecule has 0 heterocycles. The molecule has 0 aromatic heterocycles. The van der Waals surface area contributed by atoms with Crippen LogP contribution in [0.15, 0.2) is 41.8 Å². The second-order valence-electron chi connectivity index (χ2n) is 3.20. The summed E-state index contributed by atoms with van der Waals surface area (Å²) >= 11 is 4.99. The Balaban J connectivity index is 2.79. The fourth-order valence-electron chi connectivity index (χ4n) is 1.09. The van der Waals surface area contributed by atoms with Crippen LogP contribution < -0.4 is 15.8 Å². The zero-order valence-corrected chi connectivity index (χ0v) is 10.6. The number of anilines is 1. The first-order valence-electron chi connectivity index (χ1n) is 4.72. The molecule has 0 saturated carbocycles. The van der Waals surface area contributed by atoms with Crippen molar-refractivity contribution >= 4 is 33.0 Å². The zero-order chi connectivity index (χ0) is 12.9. The number of sulfonamides is 1. The van der Waals surface area contributed by atoms with Crippen LogP contribution in [0.1, 0.15) is 0 Å². The summed E-state index contributed by atoms with van der Waals surface area (Å²) in [7, 11) is -3.70. The van der Waals surface area contributed by atoms with Gasteiger partial charge in [0.25, 0.3) is 0 Å². The van der Waals surface area contributed by atoms with Crippen molar-refractivity contribution in [3.63, 3.8) is 0 Å². The highest BCUT2D eigenvalue weighted by atomic mass is 32.2. The molecule has 1 rings (SSSR count). The molecule has 0 saturated heterocycles. The first-order valence-corrected chi connectivity index (χ1v) is 6.67. The molecule has 0 atom stereocenters. The number of nitrogens with one attached hydrogen (secondary N) is 2. The Morgan fingerprint density at radius 2 is 2.24 bits per heavy atom. The maximum absolute atomic E-state index is 11.1. The predicted molar refractivity (Wildman–Crippen MR) is 72.2 cm³/mol. The molecule has 0 fully saturated rings. The van der Waals surface area contributed by atoms with Crippen LogP contribution in [0.3, 0.4) is 0 Å². The first kappa shape index (κ1) is 13.6. The van der Waals surface area contributed by atoms with Gasteiger partial charge in [0.2, 0.25) is 10.0 Å². The molecule has 0 unspecified atom stereocenters. The van der Waals surface area contributed by atoms with Crippen molar-refractivity contribution in [2.75, 3.05) is 11.9 Å². The molecule has 0 bridgehead atoms. The third-order valence-electron chi connectivity index (χ3n) is 1.83. The number of hydrogen-bond acceptors (Lipinski definition) is 3. The van der Waals surface area contributed by atoms with Crippen molar-refractivity contribution in [2.24, 2.45) is 5.14 Å². The molecule has 5 nitrogen and oxygen atoms in total. The minimum absolute atomic E-state index is 0.0361. The largest absolute Gasteiger partial charge is 0.359 e. The highest BCUT2D eigenvalue weighted by Gasteiger charge is 2.08. The topological polar surface area (TPSA) is 84.2 Å². The molecule has 0 aliphatic carbocycles. The quantitative estimate of drug-likeness (QED) is 0.557. The molecule has 0 amide bonds. The molecule has 0 aliphatic heterocycles.